The zero-order valence-electron chi connectivity index (χ0n) is 11.3. The molecule has 4 heteroatoms. The van der Waals surface area contributed by atoms with E-state index in [9.17, 15) is 4.79 Å². The molecule has 0 saturated carbocycles. The number of likely N-dealkylation sites (tertiary alicyclic amines) is 1. The average Bonchev–Trinajstić information content (AvgIpc) is 2.29. The molecule has 3 atom stereocenters. The third-order valence-corrected chi connectivity index (χ3v) is 3.45. The van der Waals surface area contributed by atoms with Crippen molar-refractivity contribution in [1.82, 2.24) is 4.90 Å². The number of rotatable bonds is 5. The molecule has 0 bridgehead atoms. The highest BCUT2D eigenvalue weighted by Gasteiger charge is 2.29. The lowest BCUT2D eigenvalue weighted by molar-refractivity contribution is -0.136. The van der Waals surface area contributed by atoms with Gasteiger partial charge in [0.1, 0.15) is 0 Å². The van der Waals surface area contributed by atoms with Gasteiger partial charge in [0.05, 0.1) is 0 Å². The van der Waals surface area contributed by atoms with E-state index in [1.54, 1.807) is 7.11 Å². The van der Waals surface area contributed by atoms with Gasteiger partial charge in [-0.3, -0.25) is 4.79 Å². The minimum atomic E-state index is 0.0666. The first-order valence-corrected chi connectivity index (χ1v) is 6.60. The standard InChI is InChI=1S/C13H26N2O2/c1-10(9-17-3)8-13(16)15-7-5-4-6-12(15)11(2)14/h10-12H,4-9,14H2,1-3H3. The number of hydrogen-bond donors (Lipinski definition) is 1. The number of methoxy groups -OCH3 is 1. The summed E-state index contributed by atoms with van der Waals surface area (Å²) in [6, 6.07) is 0.294. The monoisotopic (exact) mass is 242 g/mol. The molecule has 0 spiro atoms. The Balaban J connectivity index is 2.53. The molecule has 2 N–H and O–H groups in total. The minimum Gasteiger partial charge on any atom is -0.384 e. The Kier molecular flexibility index (Phi) is 5.92. The summed E-state index contributed by atoms with van der Waals surface area (Å²) in [6.07, 6.45) is 3.90. The first-order chi connectivity index (χ1) is 8.06. The molecule has 1 aliphatic rings. The zero-order chi connectivity index (χ0) is 12.8. The Bertz CT molecular complexity index is 244. The fourth-order valence-electron chi connectivity index (χ4n) is 2.57. The summed E-state index contributed by atoms with van der Waals surface area (Å²) in [5.74, 6) is 0.514. The van der Waals surface area contributed by atoms with E-state index in [1.807, 2.05) is 18.7 Å². The zero-order valence-corrected chi connectivity index (χ0v) is 11.3. The molecule has 1 heterocycles. The van der Waals surface area contributed by atoms with Gasteiger partial charge < -0.3 is 15.4 Å². The van der Waals surface area contributed by atoms with E-state index in [1.165, 1.54) is 6.42 Å². The number of ether oxygens (including phenoxy) is 1. The van der Waals surface area contributed by atoms with Crippen LogP contribution < -0.4 is 5.73 Å². The Labute approximate surface area is 104 Å². The first kappa shape index (κ1) is 14.5. The average molecular weight is 242 g/mol. The topological polar surface area (TPSA) is 55.6 Å². The second-order valence-corrected chi connectivity index (χ2v) is 5.27. The molecule has 1 aliphatic heterocycles. The number of hydrogen-bond acceptors (Lipinski definition) is 3. The summed E-state index contributed by atoms with van der Waals surface area (Å²) in [4.78, 5) is 14.2. The van der Waals surface area contributed by atoms with Crippen LogP contribution in [0.3, 0.4) is 0 Å². The van der Waals surface area contributed by atoms with Crippen LogP contribution in [0.4, 0.5) is 0 Å². The van der Waals surface area contributed by atoms with Gasteiger partial charge in [-0.05, 0) is 32.1 Å². The van der Waals surface area contributed by atoms with Gasteiger partial charge in [0.15, 0.2) is 0 Å². The summed E-state index contributed by atoms with van der Waals surface area (Å²) in [6.45, 7) is 5.55. The van der Waals surface area contributed by atoms with Crippen LogP contribution in [0.25, 0.3) is 0 Å². The van der Waals surface area contributed by atoms with Gasteiger partial charge in [0, 0.05) is 38.8 Å². The lowest BCUT2D eigenvalue weighted by Crippen LogP contribution is -2.52. The van der Waals surface area contributed by atoms with E-state index in [0.717, 1.165) is 19.4 Å². The minimum absolute atomic E-state index is 0.0666. The number of piperidine rings is 1. The molecular weight excluding hydrogens is 216 g/mol. The van der Waals surface area contributed by atoms with Gasteiger partial charge in [0.25, 0.3) is 0 Å². The van der Waals surface area contributed by atoms with Crippen LogP contribution >= 0.6 is 0 Å². The fourth-order valence-corrected chi connectivity index (χ4v) is 2.57. The number of amides is 1. The Morgan fingerprint density at radius 3 is 2.76 bits per heavy atom. The predicted molar refractivity (Wildman–Crippen MR) is 68.7 cm³/mol. The van der Waals surface area contributed by atoms with Gasteiger partial charge in [0.2, 0.25) is 5.91 Å². The van der Waals surface area contributed by atoms with Gasteiger partial charge in [-0.25, -0.2) is 0 Å². The highest BCUT2D eigenvalue weighted by atomic mass is 16.5. The maximum atomic E-state index is 12.2. The van der Waals surface area contributed by atoms with E-state index in [2.05, 4.69) is 0 Å². The maximum absolute atomic E-state index is 12.2. The van der Waals surface area contributed by atoms with Crippen LogP contribution in [0.2, 0.25) is 0 Å². The largest absolute Gasteiger partial charge is 0.384 e. The van der Waals surface area contributed by atoms with Crippen LogP contribution in [0.1, 0.15) is 39.5 Å². The molecule has 1 fully saturated rings. The van der Waals surface area contributed by atoms with Crippen molar-refractivity contribution < 1.29 is 9.53 Å². The van der Waals surface area contributed by atoms with Crippen LogP contribution in [-0.4, -0.2) is 43.2 Å². The van der Waals surface area contributed by atoms with Crippen molar-refractivity contribution in [2.75, 3.05) is 20.3 Å². The number of nitrogens with zero attached hydrogens (tertiary/aromatic N) is 1. The van der Waals surface area contributed by atoms with E-state index in [0.29, 0.717) is 13.0 Å². The second kappa shape index (κ2) is 6.97. The van der Waals surface area contributed by atoms with E-state index in [4.69, 9.17) is 10.5 Å². The van der Waals surface area contributed by atoms with Crippen molar-refractivity contribution in [3.63, 3.8) is 0 Å². The summed E-state index contributed by atoms with van der Waals surface area (Å²) in [5, 5.41) is 0. The third-order valence-electron chi connectivity index (χ3n) is 3.45. The molecule has 17 heavy (non-hydrogen) atoms. The van der Waals surface area contributed by atoms with Gasteiger partial charge in [-0.2, -0.15) is 0 Å². The highest BCUT2D eigenvalue weighted by molar-refractivity contribution is 5.77. The molecule has 0 aromatic heterocycles. The molecule has 0 aromatic rings. The Morgan fingerprint density at radius 1 is 1.47 bits per heavy atom. The van der Waals surface area contributed by atoms with E-state index < -0.39 is 0 Å². The Hall–Kier alpha value is -0.610. The van der Waals surface area contributed by atoms with Crippen molar-refractivity contribution in [2.24, 2.45) is 11.7 Å². The van der Waals surface area contributed by atoms with Crippen LogP contribution in [0.15, 0.2) is 0 Å². The molecule has 1 rings (SSSR count). The molecular formula is C13H26N2O2. The lowest BCUT2D eigenvalue weighted by atomic mass is 9.95. The molecule has 3 unspecified atom stereocenters. The van der Waals surface area contributed by atoms with Crippen LogP contribution in [-0.2, 0) is 9.53 Å². The summed E-state index contributed by atoms with van der Waals surface area (Å²) in [7, 11) is 1.67. The maximum Gasteiger partial charge on any atom is 0.223 e. The van der Waals surface area contributed by atoms with Crippen molar-refractivity contribution in [3.8, 4) is 0 Å². The van der Waals surface area contributed by atoms with Crippen LogP contribution in [0.5, 0.6) is 0 Å². The van der Waals surface area contributed by atoms with E-state index in [-0.39, 0.29) is 23.9 Å². The Morgan fingerprint density at radius 2 is 2.18 bits per heavy atom. The normalized spacial score (nSPS) is 24.5. The highest BCUT2D eigenvalue weighted by Crippen LogP contribution is 2.21. The SMILES string of the molecule is COCC(C)CC(=O)N1CCCCC1C(C)N. The van der Waals surface area contributed by atoms with Crippen molar-refractivity contribution in [2.45, 2.75) is 51.6 Å². The molecule has 4 nitrogen and oxygen atoms in total. The summed E-state index contributed by atoms with van der Waals surface area (Å²) >= 11 is 0. The molecule has 1 amide bonds. The summed E-state index contributed by atoms with van der Waals surface area (Å²) < 4.78 is 5.07. The van der Waals surface area contributed by atoms with Crippen molar-refractivity contribution in [1.29, 1.82) is 0 Å². The quantitative estimate of drug-likeness (QED) is 0.792. The first-order valence-electron chi connectivity index (χ1n) is 6.60. The summed E-state index contributed by atoms with van der Waals surface area (Å²) in [5.41, 5.74) is 5.97. The van der Waals surface area contributed by atoms with Crippen molar-refractivity contribution in [3.05, 3.63) is 0 Å². The molecule has 100 valence electrons. The smallest absolute Gasteiger partial charge is 0.223 e. The molecule has 0 aromatic carbocycles. The predicted octanol–water partition coefficient (Wildman–Crippen LogP) is 1.39. The molecule has 1 saturated heterocycles. The molecule has 0 radical (unpaired) electrons. The second-order valence-electron chi connectivity index (χ2n) is 5.27. The number of carbonyl (C=O) groups is 1. The lowest BCUT2D eigenvalue weighted by Gasteiger charge is -2.38. The van der Waals surface area contributed by atoms with Gasteiger partial charge in [-0.1, -0.05) is 6.92 Å². The van der Waals surface area contributed by atoms with Crippen LogP contribution in [0, 0.1) is 5.92 Å². The fraction of sp³-hybridized carbons (Fsp3) is 0.923. The van der Waals surface area contributed by atoms with E-state index >= 15 is 0 Å². The molecule has 0 aliphatic carbocycles. The number of carbonyl (C=O) groups excluding carboxylic acids is 1. The van der Waals surface area contributed by atoms with Gasteiger partial charge >= 0.3 is 0 Å². The van der Waals surface area contributed by atoms with Gasteiger partial charge in [-0.15, -0.1) is 0 Å². The number of nitrogens with two attached hydrogens (primary N) is 1. The van der Waals surface area contributed by atoms with Crippen molar-refractivity contribution >= 4 is 5.91 Å². The third kappa shape index (κ3) is 4.28.